The van der Waals surface area contributed by atoms with E-state index in [1.54, 1.807) is 11.3 Å². The second-order valence-electron chi connectivity index (χ2n) is 4.08. The minimum atomic E-state index is 0.258. The Kier molecular flexibility index (Phi) is 3.25. The first-order valence-corrected chi connectivity index (χ1v) is 6.33. The van der Waals surface area contributed by atoms with Crippen molar-refractivity contribution in [3.05, 3.63) is 45.9 Å². The quantitative estimate of drug-likeness (QED) is 0.867. The van der Waals surface area contributed by atoms with Gasteiger partial charge in [0.2, 0.25) is 0 Å². The summed E-state index contributed by atoms with van der Waals surface area (Å²) in [6.45, 7) is 6.39. The third-order valence-corrected chi connectivity index (χ3v) is 3.39. The van der Waals surface area contributed by atoms with E-state index >= 15 is 0 Å². The molecular weight excluding hydrogens is 216 g/mol. The Bertz CT molecular complexity index is 463. The van der Waals surface area contributed by atoms with Gasteiger partial charge >= 0.3 is 0 Å². The number of anilines is 1. The van der Waals surface area contributed by atoms with E-state index in [4.69, 9.17) is 0 Å². The number of nitrogens with one attached hydrogen (secondary N) is 1. The highest BCUT2D eigenvalue weighted by molar-refractivity contribution is 7.07. The zero-order valence-electron chi connectivity index (χ0n) is 9.82. The molecule has 2 aromatic rings. The lowest BCUT2D eigenvalue weighted by Gasteiger charge is -2.14. The van der Waals surface area contributed by atoms with E-state index in [1.165, 1.54) is 11.1 Å². The maximum atomic E-state index is 4.31. The fourth-order valence-corrected chi connectivity index (χ4v) is 2.24. The van der Waals surface area contributed by atoms with Crippen LogP contribution in [0, 0.1) is 13.8 Å². The number of benzene rings is 1. The predicted octanol–water partition coefficient (Wildman–Crippen LogP) is 3.93. The van der Waals surface area contributed by atoms with Crippen molar-refractivity contribution in [2.24, 2.45) is 0 Å². The maximum Gasteiger partial charge on any atom is 0.0795 e. The van der Waals surface area contributed by atoms with Gasteiger partial charge in [-0.15, -0.1) is 11.3 Å². The van der Waals surface area contributed by atoms with E-state index in [0.29, 0.717) is 0 Å². The summed E-state index contributed by atoms with van der Waals surface area (Å²) in [6, 6.07) is 6.70. The molecule has 0 aliphatic heterocycles. The summed E-state index contributed by atoms with van der Waals surface area (Å²) in [6.07, 6.45) is 0. The molecule has 2 rings (SSSR count). The highest BCUT2D eigenvalue weighted by Gasteiger charge is 2.07. The molecule has 0 bridgehead atoms. The van der Waals surface area contributed by atoms with Gasteiger partial charge in [-0.3, -0.25) is 0 Å². The summed E-state index contributed by atoms with van der Waals surface area (Å²) < 4.78 is 0. The number of rotatable bonds is 3. The van der Waals surface area contributed by atoms with E-state index in [1.807, 2.05) is 5.51 Å². The van der Waals surface area contributed by atoms with E-state index in [2.05, 4.69) is 54.7 Å². The first kappa shape index (κ1) is 11.1. The van der Waals surface area contributed by atoms with Gasteiger partial charge in [-0.1, -0.05) is 6.07 Å². The molecule has 0 amide bonds. The van der Waals surface area contributed by atoms with Gasteiger partial charge < -0.3 is 5.32 Å². The van der Waals surface area contributed by atoms with Gasteiger partial charge in [0.15, 0.2) is 0 Å². The third kappa shape index (κ3) is 2.42. The smallest absolute Gasteiger partial charge is 0.0795 e. The molecule has 1 N–H and O–H groups in total. The molecule has 84 valence electrons. The Labute approximate surface area is 100 Å². The van der Waals surface area contributed by atoms with Crippen LogP contribution in [0.25, 0.3) is 0 Å². The van der Waals surface area contributed by atoms with Crippen molar-refractivity contribution >= 4 is 17.0 Å². The van der Waals surface area contributed by atoms with Crippen LogP contribution >= 0.6 is 11.3 Å². The minimum Gasteiger partial charge on any atom is -0.377 e. The van der Waals surface area contributed by atoms with Gasteiger partial charge in [-0.05, 0) is 44.0 Å². The lowest BCUT2D eigenvalue weighted by molar-refractivity contribution is 0.850. The number of thiazole rings is 1. The van der Waals surface area contributed by atoms with Crippen molar-refractivity contribution in [1.29, 1.82) is 0 Å². The van der Waals surface area contributed by atoms with Gasteiger partial charge in [-0.2, -0.15) is 0 Å². The highest BCUT2D eigenvalue weighted by atomic mass is 32.1. The zero-order chi connectivity index (χ0) is 11.5. The molecule has 1 aromatic heterocycles. The minimum absolute atomic E-state index is 0.258. The van der Waals surface area contributed by atoms with Crippen LogP contribution in [0.5, 0.6) is 0 Å². The third-order valence-electron chi connectivity index (χ3n) is 2.79. The molecule has 1 aromatic carbocycles. The molecule has 1 heterocycles. The molecule has 2 nitrogen and oxygen atoms in total. The largest absolute Gasteiger partial charge is 0.377 e. The van der Waals surface area contributed by atoms with Crippen LogP contribution in [-0.2, 0) is 0 Å². The predicted molar refractivity (Wildman–Crippen MR) is 70.1 cm³/mol. The van der Waals surface area contributed by atoms with Crippen molar-refractivity contribution in [3.8, 4) is 0 Å². The van der Waals surface area contributed by atoms with Gasteiger partial charge in [-0.25, -0.2) is 4.98 Å². The summed E-state index contributed by atoms with van der Waals surface area (Å²) in [5, 5.41) is 5.54. The van der Waals surface area contributed by atoms with Crippen LogP contribution in [-0.4, -0.2) is 4.98 Å². The van der Waals surface area contributed by atoms with Crippen molar-refractivity contribution in [3.63, 3.8) is 0 Å². The van der Waals surface area contributed by atoms with Crippen molar-refractivity contribution < 1.29 is 0 Å². The molecule has 0 aliphatic carbocycles. The molecule has 0 aliphatic rings. The molecule has 1 atom stereocenters. The number of hydrogen-bond acceptors (Lipinski definition) is 3. The fourth-order valence-electron chi connectivity index (χ4n) is 1.59. The maximum absolute atomic E-state index is 4.31. The molecule has 0 spiro atoms. The number of aromatic nitrogens is 1. The molecule has 0 saturated heterocycles. The van der Waals surface area contributed by atoms with Gasteiger partial charge in [0.05, 0.1) is 17.2 Å². The summed E-state index contributed by atoms with van der Waals surface area (Å²) in [4.78, 5) is 4.31. The van der Waals surface area contributed by atoms with Gasteiger partial charge in [0.1, 0.15) is 0 Å². The zero-order valence-corrected chi connectivity index (χ0v) is 10.6. The summed E-state index contributed by atoms with van der Waals surface area (Å²) in [5.41, 5.74) is 6.77. The van der Waals surface area contributed by atoms with E-state index < -0.39 is 0 Å². The van der Waals surface area contributed by atoms with E-state index in [9.17, 15) is 0 Å². The Morgan fingerprint density at radius 2 is 2.06 bits per heavy atom. The summed E-state index contributed by atoms with van der Waals surface area (Å²) in [7, 11) is 0. The van der Waals surface area contributed by atoms with Crippen LogP contribution in [0.15, 0.2) is 29.1 Å². The van der Waals surface area contributed by atoms with Crippen LogP contribution in [0.3, 0.4) is 0 Å². The lowest BCUT2D eigenvalue weighted by Crippen LogP contribution is -2.06. The molecule has 0 radical (unpaired) electrons. The summed E-state index contributed by atoms with van der Waals surface area (Å²) in [5.74, 6) is 0. The fraction of sp³-hybridized carbons (Fsp3) is 0.308. The van der Waals surface area contributed by atoms with Crippen LogP contribution in [0.4, 0.5) is 5.69 Å². The SMILES string of the molecule is Cc1ccc(NC(C)c2cscn2)cc1C. The van der Waals surface area contributed by atoms with Crippen LogP contribution in [0.2, 0.25) is 0 Å². The first-order valence-electron chi connectivity index (χ1n) is 5.38. The normalized spacial score (nSPS) is 12.4. The molecule has 0 fully saturated rings. The van der Waals surface area contributed by atoms with E-state index in [0.717, 1.165) is 11.4 Å². The molecule has 1 unspecified atom stereocenters. The van der Waals surface area contributed by atoms with Crippen LogP contribution < -0.4 is 5.32 Å². The number of aryl methyl sites for hydroxylation is 2. The average molecular weight is 232 g/mol. The highest BCUT2D eigenvalue weighted by Crippen LogP contribution is 2.21. The van der Waals surface area contributed by atoms with E-state index in [-0.39, 0.29) is 6.04 Å². The second kappa shape index (κ2) is 4.66. The van der Waals surface area contributed by atoms with Crippen molar-refractivity contribution in [1.82, 2.24) is 4.98 Å². The Hall–Kier alpha value is -1.35. The molecular formula is C13H16N2S. The number of hydrogen-bond donors (Lipinski definition) is 1. The van der Waals surface area contributed by atoms with Crippen LogP contribution in [0.1, 0.15) is 29.8 Å². The second-order valence-corrected chi connectivity index (χ2v) is 4.80. The van der Waals surface area contributed by atoms with Crippen molar-refractivity contribution in [2.75, 3.05) is 5.32 Å². The Balaban J connectivity index is 2.12. The Morgan fingerprint density at radius 3 is 2.69 bits per heavy atom. The van der Waals surface area contributed by atoms with Gasteiger partial charge in [0.25, 0.3) is 0 Å². The summed E-state index contributed by atoms with van der Waals surface area (Å²) >= 11 is 1.63. The Morgan fingerprint density at radius 1 is 1.25 bits per heavy atom. The monoisotopic (exact) mass is 232 g/mol. The van der Waals surface area contributed by atoms with Gasteiger partial charge in [0, 0.05) is 11.1 Å². The average Bonchev–Trinajstić information content (AvgIpc) is 2.77. The standard InChI is InChI=1S/C13H16N2S/c1-9-4-5-12(6-10(9)2)15-11(3)13-7-16-8-14-13/h4-8,11,15H,1-3H3. The molecule has 16 heavy (non-hydrogen) atoms. The first-order chi connectivity index (χ1) is 7.66. The van der Waals surface area contributed by atoms with Crippen molar-refractivity contribution in [2.45, 2.75) is 26.8 Å². The topological polar surface area (TPSA) is 24.9 Å². The molecule has 0 saturated carbocycles. The lowest BCUT2D eigenvalue weighted by atomic mass is 10.1. The number of nitrogens with zero attached hydrogens (tertiary/aromatic N) is 1. The molecule has 3 heteroatoms.